The van der Waals surface area contributed by atoms with E-state index < -0.39 is 0 Å². The van der Waals surface area contributed by atoms with Crippen molar-refractivity contribution in [2.45, 2.75) is 26.7 Å². The van der Waals surface area contributed by atoms with E-state index in [1.165, 1.54) is 0 Å². The molecule has 0 aliphatic rings. The summed E-state index contributed by atoms with van der Waals surface area (Å²) in [6.07, 6.45) is 1.77. The van der Waals surface area contributed by atoms with E-state index in [0.29, 0.717) is 35.4 Å². The first-order valence-corrected chi connectivity index (χ1v) is 6.35. The predicted molar refractivity (Wildman–Crippen MR) is 79.1 cm³/mol. The van der Waals surface area contributed by atoms with E-state index in [1.54, 1.807) is 13.0 Å². The number of pyridine rings is 1. The fraction of sp³-hybridized carbons (Fsp3) is 0.462. The highest BCUT2D eigenvalue weighted by molar-refractivity contribution is 6.05. The number of carbonyl (C=O) groups is 1. The lowest BCUT2D eigenvalue weighted by Crippen LogP contribution is -2.25. The Balaban J connectivity index is 0.00000200. The number of nitrogens with zero attached hydrogens (tertiary/aromatic N) is 2. The Bertz CT molecular complexity index is 597. The molecular formula is C13H19ClN4O2. The van der Waals surface area contributed by atoms with Crippen molar-refractivity contribution >= 4 is 29.4 Å². The van der Waals surface area contributed by atoms with E-state index in [1.807, 2.05) is 6.92 Å². The zero-order chi connectivity index (χ0) is 13.8. The van der Waals surface area contributed by atoms with Crippen LogP contribution in [-0.4, -0.2) is 29.1 Å². The van der Waals surface area contributed by atoms with Gasteiger partial charge < -0.3 is 15.6 Å². The number of aryl methyl sites for hydroxylation is 2. The molecule has 6 nitrogen and oxygen atoms in total. The molecule has 0 spiro atoms. The average Bonchev–Trinajstić information content (AvgIpc) is 2.75. The molecule has 0 saturated carbocycles. The third kappa shape index (κ3) is 3.46. The summed E-state index contributed by atoms with van der Waals surface area (Å²) >= 11 is 0. The molecule has 110 valence electrons. The molecule has 3 N–H and O–H groups in total. The summed E-state index contributed by atoms with van der Waals surface area (Å²) in [6.45, 7) is 4.87. The third-order valence-corrected chi connectivity index (χ3v) is 2.91. The SMILES string of the molecule is Cc1cc(C(=O)NCCCCN)c2c(C)noc2n1.Cl. The summed E-state index contributed by atoms with van der Waals surface area (Å²) in [4.78, 5) is 16.4. The summed E-state index contributed by atoms with van der Waals surface area (Å²) in [5, 5.41) is 7.42. The van der Waals surface area contributed by atoms with E-state index in [2.05, 4.69) is 15.5 Å². The Kier molecular flexibility index (Phi) is 5.91. The van der Waals surface area contributed by atoms with Crippen LogP contribution in [0.25, 0.3) is 11.1 Å². The van der Waals surface area contributed by atoms with E-state index in [0.717, 1.165) is 18.5 Å². The fourth-order valence-corrected chi connectivity index (χ4v) is 1.96. The van der Waals surface area contributed by atoms with Crippen LogP contribution in [0, 0.1) is 13.8 Å². The lowest BCUT2D eigenvalue weighted by molar-refractivity contribution is 0.0954. The second-order valence-corrected chi connectivity index (χ2v) is 4.51. The van der Waals surface area contributed by atoms with E-state index in [4.69, 9.17) is 10.3 Å². The largest absolute Gasteiger partial charge is 0.352 e. The number of carbonyl (C=O) groups excluding carboxylic acids is 1. The van der Waals surface area contributed by atoms with Crippen molar-refractivity contribution in [1.29, 1.82) is 0 Å². The van der Waals surface area contributed by atoms with Gasteiger partial charge in [0.1, 0.15) is 0 Å². The molecule has 0 radical (unpaired) electrons. The average molecular weight is 299 g/mol. The van der Waals surface area contributed by atoms with Gasteiger partial charge in [-0.25, -0.2) is 4.98 Å². The van der Waals surface area contributed by atoms with Crippen LogP contribution in [0.5, 0.6) is 0 Å². The maximum absolute atomic E-state index is 12.2. The Morgan fingerprint density at radius 3 is 2.85 bits per heavy atom. The number of nitrogens with one attached hydrogen (secondary N) is 1. The molecule has 20 heavy (non-hydrogen) atoms. The molecule has 0 aromatic carbocycles. The van der Waals surface area contributed by atoms with Crippen LogP contribution >= 0.6 is 12.4 Å². The Morgan fingerprint density at radius 2 is 2.15 bits per heavy atom. The van der Waals surface area contributed by atoms with Crippen LogP contribution < -0.4 is 11.1 Å². The second kappa shape index (κ2) is 7.21. The second-order valence-electron chi connectivity index (χ2n) is 4.51. The zero-order valence-electron chi connectivity index (χ0n) is 11.6. The van der Waals surface area contributed by atoms with Crippen LogP contribution in [0.3, 0.4) is 0 Å². The van der Waals surface area contributed by atoms with Crippen LogP contribution in [0.1, 0.15) is 34.6 Å². The molecule has 0 aliphatic carbocycles. The molecule has 7 heteroatoms. The fourth-order valence-electron chi connectivity index (χ4n) is 1.96. The van der Waals surface area contributed by atoms with Crippen molar-refractivity contribution in [3.05, 3.63) is 23.0 Å². The minimum Gasteiger partial charge on any atom is -0.352 e. The number of unbranched alkanes of at least 4 members (excludes halogenated alkanes) is 1. The molecule has 2 heterocycles. The number of fused-ring (bicyclic) bond motifs is 1. The van der Waals surface area contributed by atoms with Crippen molar-refractivity contribution in [3.63, 3.8) is 0 Å². The smallest absolute Gasteiger partial charge is 0.258 e. The molecular weight excluding hydrogens is 280 g/mol. The first kappa shape index (κ1) is 16.4. The molecule has 0 saturated heterocycles. The van der Waals surface area contributed by atoms with Gasteiger partial charge in [-0.2, -0.15) is 0 Å². The minimum absolute atomic E-state index is 0. The Morgan fingerprint density at radius 1 is 1.40 bits per heavy atom. The number of amides is 1. The highest BCUT2D eigenvalue weighted by Gasteiger charge is 2.17. The summed E-state index contributed by atoms with van der Waals surface area (Å²) in [5.74, 6) is -0.126. The van der Waals surface area contributed by atoms with Crippen molar-refractivity contribution < 1.29 is 9.32 Å². The van der Waals surface area contributed by atoms with Crippen LogP contribution in [0.2, 0.25) is 0 Å². The zero-order valence-corrected chi connectivity index (χ0v) is 12.4. The van der Waals surface area contributed by atoms with Crippen molar-refractivity contribution in [2.75, 3.05) is 13.1 Å². The third-order valence-electron chi connectivity index (χ3n) is 2.91. The molecule has 0 bridgehead atoms. The Labute approximate surface area is 123 Å². The Hall–Kier alpha value is -1.66. The van der Waals surface area contributed by atoms with Crippen molar-refractivity contribution in [1.82, 2.24) is 15.5 Å². The normalized spacial score (nSPS) is 10.3. The highest BCUT2D eigenvalue weighted by atomic mass is 35.5. The monoisotopic (exact) mass is 298 g/mol. The molecule has 0 atom stereocenters. The lowest BCUT2D eigenvalue weighted by atomic mass is 10.1. The maximum Gasteiger partial charge on any atom is 0.258 e. The van der Waals surface area contributed by atoms with Crippen LogP contribution in [0.15, 0.2) is 10.6 Å². The van der Waals surface area contributed by atoms with Crippen molar-refractivity contribution in [3.8, 4) is 0 Å². The molecule has 2 aromatic rings. The number of aromatic nitrogens is 2. The van der Waals surface area contributed by atoms with Gasteiger partial charge in [0.2, 0.25) is 0 Å². The lowest BCUT2D eigenvalue weighted by Gasteiger charge is -2.06. The van der Waals surface area contributed by atoms with Crippen LogP contribution in [0.4, 0.5) is 0 Å². The van der Waals surface area contributed by atoms with Crippen LogP contribution in [-0.2, 0) is 0 Å². The number of rotatable bonds is 5. The number of hydrogen-bond donors (Lipinski definition) is 2. The van der Waals surface area contributed by atoms with Gasteiger partial charge in [0.05, 0.1) is 16.6 Å². The molecule has 2 rings (SSSR count). The van der Waals surface area contributed by atoms with Gasteiger partial charge in [-0.1, -0.05) is 5.16 Å². The van der Waals surface area contributed by atoms with Gasteiger partial charge in [-0.15, -0.1) is 12.4 Å². The van der Waals surface area contributed by atoms with Gasteiger partial charge in [0, 0.05) is 12.2 Å². The molecule has 0 unspecified atom stereocenters. The predicted octanol–water partition coefficient (Wildman–Crippen LogP) is 1.73. The molecule has 0 fully saturated rings. The quantitative estimate of drug-likeness (QED) is 0.820. The summed E-state index contributed by atoms with van der Waals surface area (Å²) in [6, 6.07) is 1.75. The molecule has 0 aliphatic heterocycles. The maximum atomic E-state index is 12.2. The first-order valence-electron chi connectivity index (χ1n) is 6.35. The summed E-state index contributed by atoms with van der Waals surface area (Å²) in [7, 11) is 0. The van der Waals surface area contributed by atoms with E-state index in [9.17, 15) is 4.79 Å². The number of hydrogen-bond acceptors (Lipinski definition) is 5. The summed E-state index contributed by atoms with van der Waals surface area (Å²) in [5.41, 5.74) is 7.79. The number of halogens is 1. The minimum atomic E-state index is -0.126. The first-order chi connectivity index (χ1) is 9.13. The van der Waals surface area contributed by atoms with Gasteiger partial charge in [0.25, 0.3) is 11.6 Å². The van der Waals surface area contributed by atoms with E-state index in [-0.39, 0.29) is 18.3 Å². The topological polar surface area (TPSA) is 94.0 Å². The van der Waals surface area contributed by atoms with Gasteiger partial charge in [0.15, 0.2) is 0 Å². The van der Waals surface area contributed by atoms with Gasteiger partial charge in [-0.3, -0.25) is 4.79 Å². The molecule has 2 aromatic heterocycles. The van der Waals surface area contributed by atoms with Gasteiger partial charge >= 0.3 is 0 Å². The standard InChI is InChI=1S/C13H18N4O2.ClH/c1-8-7-10(12(18)15-6-4-3-5-14)11-9(2)17-19-13(11)16-8;/h7H,3-6,14H2,1-2H3,(H,15,18);1H. The highest BCUT2D eigenvalue weighted by Crippen LogP contribution is 2.21. The van der Waals surface area contributed by atoms with E-state index >= 15 is 0 Å². The molecule has 1 amide bonds. The number of nitrogens with two attached hydrogens (primary N) is 1. The summed E-state index contributed by atoms with van der Waals surface area (Å²) < 4.78 is 5.11. The van der Waals surface area contributed by atoms with Crippen molar-refractivity contribution in [2.24, 2.45) is 5.73 Å². The van der Waals surface area contributed by atoms with Gasteiger partial charge in [-0.05, 0) is 39.3 Å².